The molecule has 0 spiro atoms. The number of pyridine rings is 2. The highest BCUT2D eigenvalue weighted by Crippen LogP contribution is 2.32. The lowest BCUT2D eigenvalue weighted by molar-refractivity contribution is 0.0956. The van der Waals surface area contributed by atoms with Crippen LogP contribution in [0.2, 0.25) is 0 Å². The number of benzene rings is 1. The lowest BCUT2D eigenvalue weighted by Gasteiger charge is -2.29. The monoisotopic (exact) mass is 509 g/mol. The molecular weight excluding hydrogens is 474 g/mol. The van der Waals surface area contributed by atoms with Crippen molar-refractivity contribution in [3.05, 3.63) is 70.0 Å². The fourth-order valence-electron chi connectivity index (χ4n) is 5.82. The number of hydrogen-bond acceptors (Lipinski definition) is 4. The molecule has 0 saturated heterocycles. The van der Waals surface area contributed by atoms with Gasteiger partial charge in [-0.3, -0.25) is 14.6 Å². The first-order valence-corrected chi connectivity index (χ1v) is 13.6. The van der Waals surface area contributed by atoms with Gasteiger partial charge in [-0.15, -0.1) is 0 Å². The lowest BCUT2D eigenvalue weighted by atomic mass is 9.84. The van der Waals surface area contributed by atoms with Gasteiger partial charge in [-0.05, 0) is 76.8 Å². The van der Waals surface area contributed by atoms with E-state index in [1.165, 1.54) is 19.3 Å². The van der Waals surface area contributed by atoms with Crippen LogP contribution in [0.5, 0.6) is 0 Å². The Labute approximate surface area is 223 Å². The van der Waals surface area contributed by atoms with Crippen LogP contribution in [-0.2, 0) is 0 Å². The fraction of sp³-hybridized carbons (Fsp3) is 0.419. The molecule has 3 aromatic heterocycles. The largest absolute Gasteiger partial charge is 0.341 e. The highest BCUT2D eigenvalue weighted by molar-refractivity contribution is 6.03. The minimum atomic E-state index is -0.393. The Morgan fingerprint density at radius 3 is 2.68 bits per heavy atom. The molecule has 1 saturated carbocycles. The lowest BCUT2D eigenvalue weighted by Crippen LogP contribution is -2.35. The molecule has 0 radical (unpaired) electrons. The Morgan fingerprint density at radius 1 is 1.13 bits per heavy atom. The SMILES string of the molecule is Cc1nc2cnc3ccc(C#CCNC(=O)c4cccn([C@@H](C)C5CCCCC5)c4=O)cc3c2n1C(C)C. The summed E-state index contributed by atoms with van der Waals surface area (Å²) in [7, 11) is 0. The molecule has 0 unspecified atom stereocenters. The normalized spacial score (nSPS) is 15.0. The second-order valence-corrected chi connectivity index (χ2v) is 10.6. The highest BCUT2D eigenvalue weighted by atomic mass is 16.2. The number of aryl methyl sites for hydroxylation is 1. The Balaban J connectivity index is 1.32. The van der Waals surface area contributed by atoms with Crippen molar-refractivity contribution in [3.63, 3.8) is 0 Å². The van der Waals surface area contributed by atoms with Gasteiger partial charge in [-0.1, -0.05) is 31.1 Å². The molecule has 1 fully saturated rings. The van der Waals surface area contributed by atoms with E-state index < -0.39 is 5.91 Å². The molecule has 1 aliphatic carbocycles. The maximum absolute atomic E-state index is 13.1. The van der Waals surface area contributed by atoms with Crippen molar-refractivity contribution in [1.82, 2.24) is 24.4 Å². The van der Waals surface area contributed by atoms with E-state index in [9.17, 15) is 9.59 Å². The minimum absolute atomic E-state index is 0.0833. The molecule has 3 heterocycles. The summed E-state index contributed by atoms with van der Waals surface area (Å²) in [6.07, 6.45) is 9.58. The first-order chi connectivity index (χ1) is 18.3. The van der Waals surface area contributed by atoms with Crippen LogP contribution in [0.15, 0.2) is 47.5 Å². The molecule has 38 heavy (non-hydrogen) atoms. The first kappa shape index (κ1) is 25.7. The molecule has 1 N–H and O–H groups in total. The molecule has 0 aliphatic heterocycles. The topological polar surface area (TPSA) is 81.8 Å². The van der Waals surface area contributed by atoms with Gasteiger partial charge in [0, 0.05) is 29.2 Å². The van der Waals surface area contributed by atoms with Crippen LogP contribution in [0.3, 0.4) is 0 Å². The third-order valence-electron chi connectivity index (χ3n) is 7.77. The summed E-state index contributed by atoms with van der Waals surface area (Å²) in [5.74, 6) is 7.22. The van der Waals surface area contributed by atoms with Crippen LogP contribution in [0.1, 0.15) is 86.7 Å². The Hall–Kier alpha value is -3.92. The van der Waals surface area contributed by atoms with Crippen LogP contribution in [-0.4, -0.2) is 31.6 Å². The van der Waals surface area contributed by atoms with Crippen molar-refractivity contribution in [3.8, 4) is 11.8 Å². The summed E-state index contributed by atoms with van der Waals surface area (Å²) < 4.78 is 3.95. The quantitative estimate of drug-likeness (QED) is 0.357. The Bertz CT molecular complexity index is 1610. The number of amides is 1. The van der Waals surface area contributed by atoms with E-state index in [0.29, 0.717) is 5.92 Å². The zero-order valence-corrected chi connectivity index (χ0v) is 22.6. The number of nitrogens with zero attached hydrogens (tertiary/aromatic N) is 4. The second-order valence-electron chi connectivity index (χ2n) is 10.6. The van der Waals surface area contributed by atoms with Crippen molar-refractivity contribution in [2.75, 3.05) is 6.54 Å². The van der Waals surface area contributed by atoms with Crippen LogP contribution in [0.4, 0.5) is 0 Å². The Kier molecular flexibility index (Phi) is 7.33. The average Bonchev–Trinajstić information content (AvgIpc) is 3.27. The molecule has 7 heteroatoms. The summed E-state index contributed by atoms with van der Waals surface area (Å²) in [4.78, 5) is 35.2. The van der Waals surface area contributed by atoms with Crippen molar-refractivity contribution in [2.45, 2.75) is 71.9 Å². The number of imidazole rings is 1. The smallest absolute Gasteiger partial charge is 0.263 e. The number of aromatic nitrogens is 4. The zero-order valence-electron chi connectivity index (χ0n) is 22.6. The predicted octanol–water partition coefficient (Wildman–Crippen LogP) is 5.56. The van der Waals surface area contributed by atoms with Gasteiger partial charge in [0.15, 0.2) is 0 Å². The van der Waals surface area contributed by atoms with E-state index in [4.69, 9.17) is 0 Å². The van der Waals surface area contributed by atoms with Gasteiger partial charge in [-0.2, -0.15) is 0 Å². The van der Waals surface area contributed by atoms with Gasteiger partial charge in [0.1, 0.15) is 16.9 Å². The van der Waals surface area contributed by atoms with Crippen LogP contribution >= 0.6 is 0 Å². The third-order valence-corrected chi connectivity index (χ3v) is 7.77. The molecule has 1 atom stereocenters. The van der Waals surface area contributed by atoms with E-state index in [1.54, 1.807) is 22.9 Å². The molecule has 0 bridgehead atoms. The summed E-state index contributed by atoms with van der Waals surface area (Å²) in [6, 6.07) is 9.66. The van der Waals surface area contributed by atoms with Gasteiger partial charge >= 0.3 is 0 Å². The van der Waals surface area contributed by atoms with Crippen molar-refractivity contribution in [1.29, 1.82) is 0 Å². The van der Waals surface area contributed by atoms with Gasteiger partial charge in [0.2, 0.25) is 0 Å². The van der Waals surface area contributed by atoms with E-state index in [1.807, 2.05) is 31.3 Å². The number of hydrogen-bond donors (Lipinski definition) is 1. The van der Waals surface area contributed by atoms with E-state index in [2.05, 4.69) is 52.5 Å². The highest BCUT2D eigenvalue weighted by Gasteiger charge is 2.23. The molecule has 4 aromatic rings. The van der Waals surface area contributed by atoms with Crippen molar-refractivity contribution >= 4 is 27.8 Å². The van der Waals surface area contributed by atoms with Gasteiger partial charge in [-0.25, -0.2) is 4.98 Å². The first-order valence-electron chi connectivity index (χ1n) is 13.6. The predicted molar refractivity (Wildman–Crippen MR) is 151 cm³/mol. The summed E-state index contributed by atoms with van der Waals surface area (Å²) in [5, 5.41) is 3.80. The van der Waals surface area contributed by atoms with Crippen LogP contribution < -0.4 is 10.9 Å². The zero-order chi connectivity index (χ0) is 26.8. The van der Waals surface area contributed by atoms with Crippen molar-refractivity contribution in [2.24, 2.45) is 5.92 Å². The standard InChI is InChI=1S/C31H35N5O2/c1-20(2)36-22(4)34-28-19-33-27-15-14-23(18-26(27)29(28)36)10-8-16-32-30(37)25-13-9-17-35(31(25)38)21(3)24-11-6-5-7-12-24/h9,13-15,17-21,24H,5-7,11-12,16H2,1-4H3,(H,32,37)/t21-/m0/s1. The van der Waals surface area contributed by atoms with Crippen LogP contribution in [0.25, 0.3) is 21.9 Å². The third kappa shape index (κ3) is 4.96. The summed E-state index contributed by atoms with van der Waals surface area (Å²) in [5.41, 5.74) is 3.57. The maximum Gasteiger partial charge on any atom is 0.263 e. The molecular formula is C31H35N5O2. The van der Waals surface area contributed by atoms with Gasteiger partial charge in [0.05, 0.1) is 23.8 Å². The summed E-state index contributed by atoms with van der Waals surface area (Å²) in [6.45, 7) is 8.54. The van der Waals surface area contributed by atoms with E-state index >= 15 is 0 Å². The average molecular weight is 510 g/mol. The van der Waals surface area contributed by atoms with Crippen LogP contribution in [0, 0.1) is 24.7 Å². The fourth-order valence-corrected chi connectivity index (χ4v) is 5.82. The van der Waals surface area contributed by atoms with Crippen molar-refractivity contribution < 1.29 is 4.79 Å². The summed E-state index contributed by atoms with van der Waals surface area (Å²) >= 11 is 0. The Morgan fingerprint density at radius 2 is 1.92 bits per heavy atom. The molecule has 196 valence electrons. The molecule has 5 rings (SSSR count). The van der Waals surface area contributed by atoms with E-state index in [-0.39, 0.29) is 29.8 Å². The molecule has 7 nitrogen and oxygen atoms in total. The second kappa shape index (κ2) is 10.8. The molecule has 1 aromatic carbocycles. The van der Waals surface area contributed by atoms with E-state index in [0.717, 1.165) is 46.2 Å². The molecule has 1 amide bonds. The van der Waals surface area contributed by atoms with Gasteiger partial charge < -0.3 is 14.5 Å². The number of rotatable bonds is 5. The molecule has 1 aliphatic rings. The number of fused-ring (bicyclic) bond motifs is 3. The number of carbonyl (C=O) groups is 1. The maximum atomic E-state index is 13.1. The van der Waals surface area contributed by atoms with Gasteiger partial charge in [0.25, 0.3) is 11.5 Å². The minimum Gasteiger partial charge on any atom is -0.341 e. The number of carbonyl (C=O) groups excluding carboxylic acids is 1. The number of nitrogens with one attached hydrogen (secondary N) is 1.